The van der Waals surface area contributed by atoms with Crippen LogP contribution in [0.5, 0.6) is 0 Å². The van der Waals surface area contributed by atoms with Crippen molar-refractivity contribution in [2.75, 3.05) is 18.1 Å². The molecule has 6 heteroatoms. The van der Waals surface area contributed by atoms with Gasteiger partial charge in [-0.3, -0.25) is 15.1 Å². The number of hydrogen-bond acceptors (Lipinski definition) is 5. The Morgan fingerprint density at radius 2 is 2.41 bits per heavy atom. The van der Waals surface area contributed by atoms with E-state index in [-0.39, 0.29) is 10.4 Å². The molecule has 1 aliphatic carbocycles. The Bertz CT molecular complexity index is 415. The van der Waals surface area contributed by atoms with Crippen LogP contribution >= 0.6 is 11.8 Å². The van der Waals surface area contributed by atoms with Crippen LogP contribution in [0.4, 0.5) is 11.4 Å². The van der Waals surface area contributed by atoms with Crippen LogP contribution in [-0.2, 0) is 0 Å². The second-order valence-electron chi connectivity index (χ2n) is 4.24. The highest BCUT2D eigenvalue weighted by Gasteiger charge is 2.36. The van der Waals surface area contributed by atoms with Gasteiger partial charge in [-0.25, -0.2) is 0 Å². The molecule has 17 heavy (non-hydrogen) atoms. The fraction of sp³-hybridized carbons (Fsp3) is 0.545. The van der Waals surface area contributed by atoms with E-state index in [1.54, 1.807) is 12.3 Å². The third kappa shape index (κ3) is 2.52. The Balaban J connectivity index is 2.06. The molecule has 92 valence electrons. The van der Waals surface area contributed by atoms with Crippen LogP contribution in [0.2, 0.25) is 0 Å². The van der Waals surface area contributed by atoms with Gasteiger partial charge in [-0.05, 0) is 25.2 Å². The second-order valence-corrected chi connectivity index (χ2v) is 5.52. The van der Waals surface area contributed by atoms with Gasteiger partial charge in [0.05, 0.1) is 4.92 Å². The minimum Gasteiger partial charge on any atom is -0.378 e. The topological polar surface area (TPSA) is 68.1 Å². The number of hydrogen-bond donors (Lipinski definition) is 1. The molecular weight excluding hydrogens is 238 g/mol. The van der Waals surface area contributed by atoms with E-state index in [1.165, 1.54) is 25.5 Å². The molecule has 0 radical (unpaired) electrons. The largest absolute Gasteiger partial charge is 0.378 e. The van der Waals surface area contributed by atoms with Gasteiger partial charge in [-0.1, -0.05) is 6.42 Å². The summed E-state index contributed by atoms with van der Waals surface area (Å²) in [5.41, 5.74) is 0.605. The number of anilines is 1. The van der Waals surface area contributed by atoms with Crippen LogP contribution in [0.15, 0.2) is 18.5 Å². The Morgan fingerprint density at radius 1 is 1.65 bits per heavy atom. The van der Waals surface area contributed by atoms with Crippen LogP contribution in [0.25, 0.3) is 0 Å². The molecule has 1 fully saturated rings. The van der Waals surface area contributed by atoms with Gasteiger partial charge in [-0.15, -0.1) is 0 Å². The third-order valence-electron chi connectivity index (χ3n) is 3.30. The van der Waals surface area contributed by atoms with Crippen molar-refractivity contribution in [3.05, 3.63) is 28.6 Å². The molecule has 0 atom stereocenters. The quantitative estimate of drug-likeness (QED) is 0.645. The lowest BCUT2D eigenvalue weighted by Gasteiger charge is -2.40. The number of nitrogens with zero attached hydrogens (tertiary/aromatic N) is 2. The molecule has 1 aromatic heterocycles. The van der Waals surface area contributed by atoms with Crippen molar-refractivity contribution < 1.29 is 4.92 Å². The zero-order chi connectivity index (χ0) is 12.3. The van der Waals surface area contributed by atoms with E-state index in [4.69, 9.17) is 0 Å². The molecule has 0 aliphatic heterocycles. The van der Waals surface area contributed by atoms with E-state index in [1.807, 2.05) is 11.8 Å². The lowest BCUT2D eigenvalue weighted by atomic mass is 9.84. The highest BCUT2D eigenvalue weighted by molar-refractivity contribution is 8.00. The van der Waals surface area contributed by atoms with E-state index in [0.717, 1.165) is 6.54 Å². The van der Waals surface area contributed by atoms with Gasteiger partial charge in [0.15, 0.2) is 0 Å². The van der Waals surface area contributed by atoms with E-state index < -0.39 is 4.92 Å². The SMILES string of the molecule is CSC1(CNc2ccncc2[N+](=O)[O-])CCC1. The van der Waals surface area contributed by atoms with Crippen molar-refractivity contribution in [2.24, 2.45) is 0 Å². The van der Waals surface area contributed by atoms with Gasteiger partial charge >= 0.3 is 5.69 Å². The van der Waals surface area contributed by atoms with Crippen LogP contribution in [-0.4, -0.2) is 27.5 Å². The van der Waals surface area contributed by atoms with Gasteiger partial charge in [0.1, 0.15) is 11.9 Å². The van der Waals surface area contributed by atoms with Crippen LogP contribution < -0.4 is 5.32 Å². The average Bonchev–Trinajstić information content (AvgIpc) is 2.28. The predicted molar refractivity (Wildman–Crippen MR) is 69.5 cm³/mol. The summed E-state index contributed by atoms with van der Waals surface area (Å²) in [5, 5.41) is 14.0. The molecule has 2 rings (SSSR count). The van der Waals surface area contributed by atoms with Crippen molar-refractivity contribution in [1.82, 2.24) is 4.98 Å². The molecule has 5 nitrogen and oxygen atoms in total. The van der Waals surface area contributed by atoms with Crippen molar-refractivity contribution in [2.45, 2.75) is 24.0 Å². The summed E-state index contributed by atoms with van der Waals surface area (Å²) in [6.45, 7) is 0.777. The monoisotopic (exact) mass is 253 g/mol. The number of nitrogens with one attached hydrogen (secondary N) is 1. The first-order valence-electron chi connectivity index (χ1n) is 5.54. The molecule has 0 saturated heterocycles. The zero-order valence-corrected chi connectivity index (χ0v) is 10.5. The molecule has 1 heterocycles. The molecular formula is C11H15N3O2S. The Kier molecular flexibility index (Phi) is 3.51. The minimum absolute atomic E-state index is 0.0445. The standard InChI is InChI=1S/C11H15N3O2S/c1-17-11(4-2-5-11)8-13-9-3-6-12-7-10(9)14(15)16/h3,6-7H,2,4-5,8H2,1H3,(H,12,13). The lowest BCUT2D eigenvalue weighted by molar-refractivity contribution is -0.384. The molecule has 0 aromatic carbocycles. The number of rotatable bonds is 5. The number of thioether (sulfide) groups is 1. The second kappa shape index (κ2) is 4.91. The van der Waals surface area contributed by atoms with Gasteiger partial charge in [0.25, 0.3) is 0 Å². The molecule has 1 aliphatic rings. The van der Waals surface area contributed by atoms with E-state index >= 15 is 0 Å². The summed E-state index contributed by atoms with van der Waals surface area (Å²) in [6.07, 6.45) is 8.57. The summed E-state index contributed by atoms with van der Waals surface area (Å²) < 4.78 is 0.261. The van der Waals surface area contributed by atoms with Gasteiger partial charge in [0.2, 0.25) is 0 Å². The van der Waals surface area contributed by atoms with E-state index in [0.29, 0.717) is 5.69 Å². The highest BCUT2D eigenvalue weighted by Crippen LogP contribution is 2.43. The first-order valence-corrected chi connectivity index (χ1v) is 6.77. The first kappa shape index (κ1) is 12.2. The van der Waals surface area contributed by atoms with Crippen LogP contribution in [0.3, 0.4) is 0 Å². The summed E-state index contributed by atoms with van der Waals surface area (Å²) in [4.78, 5) is 14.2. The molecule has 1 aromatic rings. The van der Waals surface area contributed by atoms with Gasteiger partial charge in [-0.2, -0.15) is 11.8 Å². The fourth-order valence-corrected chi connectivity index (χ4v) is 2.88. The van der Waals surface area contributed by atoms with Crippen molar-refractivity contribution >= 4 is 23.1 Å². The first-order chi connectivity index (χ1) is 8.17. The predicted octanol–water partition coefficient (Wildman–Crippen LogP) is 2.69. The Morgan fingerprint density at radius 3 is 2.94 bits per heavy atom. The summed E-state index contributed by atoms with van der Waals surface area (Å²) in [7, 11) is 0. The Hall–Kier alpha value is -1.30. The average molecular weight is 253 g/mol. The van der Waals surface area contributed by atoms with Gasteiger partial charge < -0.3 is 5.32 Å². The molecule has 1 N–H and O–H groups in total. The maximum Gasteiger partial charge on any atom is 0.310 e. The fourth-order valence-electron chi connectivity index (χ4n) is 1.96. The minimum atomic E-state index is -0.401. The van der Waals surface area contributed by atoms with Crippen LogP contribution in [0, 0.1) is 10.1 Å². The van der Waals surface area contributed by atoms with Crippen molar-refractivity contribution in [3.63, 3.8) is 0 Å². The molecule has 0 unspecified atom stereocenters. The van der Waals surface area contributed by atoms with Crippen LogP contribution in [0.1, 0.15) is 19.3 Å². The van der Waals surface area contributed by atoms with Crippen molar-refractivity contribution in [3.8, 4) is 0 Å². The normalized spacial score (nSPS) is 17.2. The maximum absolute atomic E-state index is 10.8. The smallest absolute Gasteiger partial charge is 0.310 e. The highest BCUT2D eigenvalue weighted by atomic mass is 32.2. The molecule has 1 saturated carbocycles. The van der Waals surface area contributed by atoms with Crippen molar-refractivity contribution in [1.29, 1.82) is 0 Å². The van der Waals surface area contributed by atoms with E-state index in [2.05, 4.69) is 16.6 Å². The maximum atomic E-state index is 10.8. The third-order valence-corrected chi connectivity index (χ3v) is 4.71. The molecule has 0 bridgehead atoms. The lowest BCUT2D eigenvalue weighted by Crippen LogP contribution is -2.40. The molecule has 0 amide bonds. The number of nitro groups is 1. The summed E-state index contributed by atoms with van der Waals surface area (Å²) >= 11 is 1.84. The summed E-state index contributed by atoms with van der Waals surface area (Å²) in [5.74, 6) is 0. The zero-order valence-electron chi connectivity index (χ0n) is 9.68. The summed E-state index contributed by atoms with van der Waals surface area (Å²) in [6, 6.07) is 1.66. The van der Waals surface area contributed by atoms with Gasteiger partial charge in [0, 0.05) is 17.5 Å². The Labute approximate surface area is 104 Å². The van der Waals surface area contributed by atoms with E-state index in [9.17, 15) is 10.1 Å². The molecule has 0 spiro atoms. The number of pyridine rings is 1. The number of aromatic nitrogens is 1.